The van der Waals surface area contributed by atoms with E-state index in [2.05, 4.69) is 16.0 Å². The summed E-state index contributed by atoms with van der Waals surface area (Å²) < 4.78 is 17.3. The monoisotopic (exact) mass is 610 g/mol. The number of amides is 4. The van der Waals surface area contributed by atoms with Gasteiger partial charge < -0.3 is 35.1 Å². The smallest absolute Gasteiger partial charge is 0.251 e. The molecule has 1 aliphatic rings. The summed E-state index contributed by atoms with van der Waals surface area (Å²) in [6.07, 6.45) is 2.23. The summed E-state index contributed by atoms with van der Waals surface area (Å²) >= 11 is 0. The summed E-state index contributed by atoms with van der Waals surface area (Å²) in [6, 6.07) is 9.33. The SMILES string of the molecule is COc1ccc2cc1Oc1cccc(OC)c1CNC(=O)[C@@H](C(C)C)NC(=O)CN(C(=O)CCC(C)C)CCCCNC2=O. The number of rotatable bonds is 6. The first-order valence-corrected chi connectivity index (χ1v) is 15.2. The number of hydrogen-bond donors (Lipinski definition) is 3. The molecule has 0 saturated heterocycles. The van der Waals surface area contributed by atoms with Crippen molar-refractivity contribution in [2.24, 2.45) is 11.8 Å². The Morgan fingerprint density at radius 1 is 0.977 bits per heavy atom. The first kappa shape index (κ1) is 34.2. The first-order valence-electron chi connectivity index (χ1n) is 15.2. The molecule has 3 N–H and O–H groups in total. The Labute approximate surface area is 260 Å². The van der Waals surface area contributed by atoms with E-state index in [1.165, 1.54) is 14.2 Å². The van der Waals surface area contributed by atoms with Gasteiger partial charge in [0.05, 0.1) is 32.9 Å². The van der Waals surface area contributed by atoms with Gasteiger partial charge in [-0.05, 0) is 61.4 Å². The minimum Gasteiger partial charge on any atom is -0.496 e. The lowest BCUT2D eigenvalue weighted by molar-refractivity contribution is -0.137. The highest BCUT2D eigenvalue weighted by Gasteiger charge is 2.27. The molecule has 1 atom stereocenters. The Morgan fingerprint density at radius 3 is 2.41 bits per heavy atom. The molecule has 2 bridgehead atoms. The van der Waals surface area contributed by atoms with Crippen LogP contribution in [0, 0.1) is 11.8 Å². The highest BCUT2D eigenvalue weighted by Crippen LogP contribution is 2.37. The average Bonchev–Trinajstić information content (AvgIpc) is 2.99. The van der Waals surface area contributed by atoms with Crippen molar-refractivity contribution in [2.45, 2.75) is 66.0 Å². The topological polar surface area (TPSA) is 135 Å². The fourth-order valence-electron chi connectivity index (χ4n) is 4.83. The number of nitrogens with one attached hydrogen (secondary N) is 3. The van der Waals surface area contributed by atoms with Crippen molar-refractivity contribution in [2.75, 3.05) is 33.9 Å². The van der Waals surface area contributed by atoms with Crippen LogP contribution in [0.2, 0.25) is 0 Å². The Hall–Kier alpha value is -4.28. The molecule has 0 unspecified atom stereocenters. The molecule has 44 heavy (non-hydrogen) atoms. The van der Waals surface area contributed by atoms with Crippen molar-refractivity contribution >= 4 is 23.6 Å². The van der Waals surface area contributed by atoms with Crippen molar-refractivity contribution in [3.63, 3.8) is 0 Å². The quantitative estimate of drug-likeness (QED) is 0.449. The average molecular weight is 611 g/mol. The molecule has 11 heteroatoms. The van der Waals surface area contributed by atoms with Crippen LogP contribution in [0.3, 0.4) is 0 Å². The van der Waals surface area contributed by atoms with Crippen LogP contribution in [0.15, 0.2) is 36.4 Å². The van der Waals surface area contributed by atoms with Crippen LogP contribution >= 0.6 is 0 Å². The molecule has 11 nitrogen and oxygen atoms in total. The molecule has 4 amide bonds. The maximum absolute atomic E-state index is 13.4. The molecular weight excluding hydrogens is 564 g/mol. The second-order valence-electron chi connectivity index (χ2n) is 11.6. The number of methoxy groups -OCH3 is 2. The predicted octanol–water partition coefficient (Wildman–Crippen LogP) is 4.04. The molecule has 0 radical (unpaired) electrons. The predicted molar refractivity (Wildman–Crippen MR) is 167 cm³/mol. The number of ether oxygens (including phenoxy) is 3. The van der Waals surface area contributed by atoms with Crippen molar-refractivity contribution in [3.8, 4) is 23.0 Å². The number of nitrogens with zero attached hydrogens (tertiary/aromatic N) is 1. The molecule has 0 spiro atoms. The van der Waals surface area contributed by atoms with E-state index >= 15 is 0 Å². The Kier molecular flexibility index (Phi) is 12.9. The van der Waals surface area contributed by atoms with E-state index in [1.807, 2.05) is 27.7 Å². The van der Waals surface area contributed by atoms with Gasteiger partial charge in [0.15, 0.2) is 11.5 Å². The highest BCUT2D eigenvalue weighted by atomic mass is 16.5. The second-order valence-corrected chi connectivity index (χ2v) is 11.6. The van der Waals surface area contributed by atoms with Gasteiger partial charge in [-0.15, -0.1) is 0 Å². The molecule has 2 aromatic rings. The number of carbonyl (C=O) groups is 4. The fourth-order valence-corrected chi connectivity index (χ4v) is 4.83. The molecule has 0 fully saturated rings. The van der Waals surface area contributed by atoms with Crippen LogP contribution < -0.4 is 30.2 Å². The van der Waals surface area contributed by atoms with Crippen LogP contribution in [0.4, 0.5) is 0 Å². The molecular formula is C33H46N4O7. The minimum atomic E-state index is -0.827. The Balaban J connectivity index is 1.96. The fraction of sp³-hybridized carbons (Fsp3) is 0.515. The molecule has 0 aliphatic carbocycles. The summed E-state index contributed by atoms with van der Waals surface area (Å²) in [5, 5.41) is 8.66. The molecule has 2 aromatic carbocycles. The highest BCUT2D eigenvalue weighted by molar-refractivity contribution is 5.95. The van der Waals surface area contributed by atoms with E-state index in [4.69, 9.17) is 14.2 Å². The standard InChI is InChI=1S/C33H46N4O7/c1-21(2)12-15-30(39)37-17-8-7-16-34-32(40)23-13-14-27(43-6)28(18-23)44-26-11-9-10-25(42-5)24(26)19-35-33(41)31(22(3)4)36-29(38)20-37/h9-11,13-14,18,21-22,31H,7-8,12,15-17,19-20H2,1-6H3,(H,34,40)(H,35,41)(H,36,38)/t31-/m1/s1. The van der Waals surface area contributed by atoms with Gasteiger partial charge in [0.2, 0.25) is 17.7 Å². The van der Waals surface area contributed by atoms with Gasteiger partial charge in [-0.3, -0.25) is 19.2 Å². The number of hydrogen-bond acceptors (Lipinski definition) is 7. The molecule has 0 saturated carbocycles. The van der Waals surface area contributed by atoms with Crippen LogP contribution in [0.5, 0.6) is 23.0 Å². The lowest BCUT2D eigenvalue weighted by Crippen LogP contribution is -2.52. The van der Waals surface area contributed by atoms with Gasteiger partial charge in [0.1, 0.15) is 17.5 Å². The summed E-state index contributed by atoms with van der Waals surface area (Å²) in [5.74, 6) is 0.566. The van der Waals surface area contributed by atoms with E-state index in [9.17, 15) is 19.2 Å². The Morgan fingerprint density at radius 2 is 1.73 bits per heavy atom. The number of fused-ring (bicyclic) bond motifs is 3. The first-order chi connectivity index (χ1) is 21.0. The zero-order valence-corrected chi connectivity index (χ0v) is 26.7. The van der Waals surface area contributed by atoms with Crippen molar-refractivity contribution in [1.29, 1.82) is 0 Å². The van der Waals surface area contributed by atoms with Gasteiger partial charge in [0.25, 0.3) is 5.91 Å². The van der Waals surface area contributed by atoms with Crippen molar-refractivity contribution in [3.05, 3.63) is 47.5 Å². The van der Waals surface area contributed by atoms with Gasteiger partial charge in [-0.25, -0.2) is 0 Å². The van der Waals surface area contributed by atoms with Gasteiger partial charge in [-0.2, -0.15) is 0 Å². The van der Waals surface area contributed by atoms with Crippen molar-refractivity contribution < 1.29 is 33.4 Å². The normalized spacial score (nSPS) is 17.1. The summed E-state index contributed by atoms with van der Waals surface area (Å²) in [5.41, 5.74) is 0.945. The van der Waals surface area contributed by atoms with Gasteiger partial charge in [0, 0.05) is 25.1 Å². The molecule has 0 aromatic heterocycles. The third kappa shape index (κ3) is 9.62. The van der Waals surface area contributed by atoms with E-state index in [0.29, 0.717) is 78.8 Å². The van der Waals surface area contributed by atoms with Crippen LogP contribution in [-0.4, -0.2) is 68.4 Å². The zero-order chi connectivity index (χ0) is 32.2. The minimum absolute atomic E-state index is 0.0412. The number of benzene rings is 2. The van der Waals surface area contributed by atoms with Gasteiger partial charge in [-0.1, -0.05) is 33.8 Å². The second kappa shape index (κ2) is 16.5. The largest absolute Gasteiger partial charge is 0.496 e. The maximum Gasteiger partial charge on any atom is 0.251 e. The van der Waals surface area contributed by atoms with Gasteiger partial charge >= 0.3 is 0 Å². The Bertz CT molecular complexity index is 1310. The lowest BCUT2D eigenvalue weighted by Gasteiger charge is -2.26. The number of carbonyl (C=O) groups excluding carboxylic acids is 4. The third-order valence-corrected chi connectivity index (χ3v) is 7.42. The maximum atomic E-state index is 13.4. The van der Waals surface area contributed by atoms with E-state index < -0.39 is 11.9 Å². The molecule has 240 valence electrons. The molecule has 3 rings (SSSR count). The zero-order valence-electron chi connectivity index (χ0n) is 26.7. The third-order valence-electron chi connectivity index (χ3n) is 7.42. The lowest BCUT2D eigenvalue weighted by atomic mass is 10.0. The molecule has 1 heterocycles. The van der Waals surface area contributed by atoms with Crippen LogP contribution in [-0.2, 0) is 20.9 Å². The van der Waals surface area contributed by atoms with Crippen LogP contribution in [0.25, 0.3) is 0 Å². The van der Waals surface area contributed by atoms with E-state index in [-0.39, 0.29) is 36.7 Å². The summed E-state index contributed by atoms with van der Waals surface area (Å²) in [4.78, 5) is 54.2. The van der Waals surface area contributed by atoms with Crippen LogP contribution in [0.1, 0.15) is 69.3 Å². The van der Waals surface area contributed by atoms with E-state index in [1.54, 1.807) is 41.3 Å². The molecule has 1 aliphatic heterocycles. The summed E-state index contributed by atoms with van der Waals surface area (Å²) in [6.45, 7) is 8.42. The van der Waals surface area contributed by atoms with Crippen molar-refractivity contribution in [1.82, 2.24) is 20.9 Å². The summed E-state index contributed by atoms with van der Waals surface area (Å²) in [7, 11) is 3.03. The van der Waals surface area contributed by atoms with E-state index in [0.717, 1.165) is 0 Å².